The second kappa shape index (κ2) is 12.5. The van der Waals surface area contributed by atoms with Gasteiger partial charge in [-0.15, -0.1) is 0 Å². The second-order valence-corrected chi connectivity index (χ2v) is 4.62. The van der Waals surface area contributed by atoms with Gasteiger partial charge in [0.25, 0.3) is 5.91 Å². The molecule has 0 aliphatic heterocycles. The predicted octanol–water partition coefficient (Wildman–Crippen LogP) is 0.228. The van der Waals surface area contributed by atoms with Gasteiger partial charge in [-0.3, -0.25) is 9.79 Å². The molecule has 0 aliphatic carbocycles. The molecule has 1 amide bonds. The SMILES string of the molecule is CN=C(NCCCOCCOC)NCCNC(=O)c1ccco1. The Hall–Kier alpha value is -2.06. The molecular formula is C15H26N4O4. The van der Waals surface area contributed by atoms with Crippen LogP contribution in [0.3, 0.4) is 0 Å². The third-order valence-electron chi connectivity index (χ3n) is 2.86. The van der Waals surface area contributed by atoms with E-state index >= 15 is 0 Å². The highest BCUT2D eigenvalue weighted by Crippen LogP contribution is 1.98. The number of carbonyl (C=O) groups is 1. The average Bonchev–Trinajstić information content (AvgIpc) is 3.10. The van der Waals surface area contributed by atoms with E-state index in [1.807, 2.05) is 0 Å². The topological polar surface area (TPSA) is 97.1 Å². The largest absolute Gasteiger partial charge is 0.459 e. The van der Waals surface area contributed by atoms with E-state index in [1.54, 1.807) is 26.3 Å². The van der Waals surface area contributed by atoms with E-state index in [2.05, 4.69) is 20.9 Å². The lowest BCUT2D eigenvalue weighted by Gasteiger charge is -2.12. The van der Waals surface area contributed by atoms with Crippen molar-refractivity contribution in [3.8, 4) is 0 Å². The minimum Gasteiger partial charge on any atom is -0.459 e. The number of ether oxygens (including phenoxy) is 2. The Kier molecular flexibility index (Phi) is 10.3. The van der Waals surface area contributed by atoms with Crippen molar-refractivity contribution in [1.82, 2.24) is 16.0 Å². The summed E-state index contributed by atoms with van der Waals surface area (Å²) in [7, 11) is 3.35. The number of aliphatic imine (C=N–C) groups is 1. The Morgan fingerprint density at radius 2 is 1.96 bits per heavy atom. The minimum absolute atomic E-state index is 0.229. The van der Waals surface area contributed by atoms with Crippen molar-refractivity contribution in [1.29, 1.82) is 0 Å². The molecule has 8 nitrogen and oxygen atoms in total. The zero-order chi connectivity index (χ0) is 16.8. The molecule has 0 atom stereocenters. The zero-order valence-corrected chi connectivity index (χ0v) is 13.8. The molecule has 0 spiro atoms. The van der Waals surface area contributed by atoms with Gasteiger partial charge in [0.2, 0.25) is 0 Å². The summed E-state index contributed by atoms with van der Waals surface area (Å²) >= 11 is 0. The molecule has 23 heavy (non-hydrogen) atoms. The van der Waals surface area contributed by atoms with Gasteiger partial charge in [0.15, 0.2) is 11.7 Å². The summed E-state index contributed by atoms with van der Waals surface area (Å²) in [5.74, 6) is 0.767. The number of furan rings is 1. The van der Waals surface area contributed by atoms with Crippen molar-refractivity contribution in [3.05, 3.63) is 24.2 Å². The summed E-state index contributed by atoms with van der Waals surface area (Å²) in [4.78, 5) is 15.7. The van der Waals surface area contributed by atoms with Gasteiger partial charge in [-0.05, 0) is 18.6 Å². The van der Waals surface area contributed by atoms with E-state index in [9.17, 15) is 4.79 Å². The Balaban J connectivity index is 2.02. The molecule has 1 heterocycles. The van der Waals surface area contributed by atoms with Crippen molar-refractivity contribution in [2.75, 3.05) is 53.6 Å². The number of hydrogen-bond donors (Lipinski definition) is 3. The monoisotopic (exact) mass is 326 g/mol. The van der Waals surface area contributed by atoms with Crippen LogP contribution in [0.25, 0.3) is 0 Å². The number of rotatable bonds is 11. The number of methoxy groups -OCH3 is 1. The lowest BCUT2D eigenvalue weighted by atomic mass is 10.4. The fourth-order valence-corrected chi connectivity index (χ4v) is 1.70. The van der Waals surface area contributed by atoms with E-state index in [1.165, 1.54) is 6.26 Å². The lowest BCUT2D eigenvalue weighted by Crippen LogP contribution is -2.42. The number of hydrogen-bond acceptors (Lipinski definition) is 5. The number of guanidine groups is 1. The molecule has 0 fully saturated rings. The maximum atomic E-state index is 11.6. The van der Waals surface area contributed by atoms with E-state index in [-0.39, 0.29) is 5.91 Å². The summed E-state index contributed by atoms with van der Waals surface area (Å²) in [5, 5.41) is 9.04. The number of nitrogens with one attached hydrogen (secondary N) is 3. The first-order valence-corrected chi connectivity index (χ1v) is 7.61. The van der Waals surface area contributed by atoms with Gasteiger partial charge < -0.3 is 29.8 Å². The summed E-state index contributed by atoms with van der Waals surface area (Å²) in [6.45, 7) is 3.69. The summed E-state index contributed by atoms with van der Waals surface area (Å²) in [6.07, 6.45) is 2.34. The fraction of sp³-hybridized carbons (Fsp3) is 0.600. The Morgan fingerprint density at radius 3 is 2.65 bits per heavy atom. The number of nitrogens with zero attached hydrogens (tertiary/aromatic N) is 1. The second-order valence-electron chi connectivity index (χ2n) is 4.62. The highest BCUT2D eigenvalue weighted by Gasteiger charge is 2.06. The molecule has 0 saturated carbocycles. The van der Waals surface area contributed by atoms with Crippen molar-refractivity contribution < 1.29 is 18.7 Å². The van der Waals surface area contributed by atoms with E-state index in [4.69, 9.17) is 13.9 Å². The molecular weight excluding hydrogens is 300 g/mol. The first-order chi connectivity index (χ1) is 11.3. The quantitative estimate of drug-likeness (QED) is 0.306. The van der Waals surface area contributed by atoms with Crippen LogP contribution in [0.2, 0.25) is 0 Å². The van der Waals surface area contributed by atoms with Crippen LogP contribution in [0.4, 0.5) is 0 Å². The molecule has 0 aromatic carbocycles. The molecule has 0 unspecified atom stereocenters. The standard InChI is InChI=1S/C15H26N4O4/c1-16-15(18-6-4-9-22-12-11-21-2)19-8-7-17-14(20)13-5-3-10-23-13/h3,5,10H,4,6-9,11-12H2,1-2H3,(H,17,20)(H2,16,18,19). The lowest BCUT2D eigenvalue weighted by molar-refractivity contribution is 0.0698. The molecule has 0 bridgehead atoms. The normalized spacial score (nSPS) is 11.3. The van der Waals surface area contributed by atoms with Gasteiger partial charge in [0.1, 0.15) is 0 Å². The van der Waals surface area contributed by atoms with Crippen molar-refractivity contribution in [3.63, 3.8) is 0 Å². The van der Waals surface area contributed by atoms with Crippen LogP contribution in [0, 0.1) is 0 Å². The van der Waals surface area contributed by atoms with Crippen molar-refractivity contribution in [2.24, 2.45) is 4.99 Å². The molecule has 0 radical (unpaired) electrons. The van der Waals surface area contributed by atoms with Crippen LogP contribution >= 0.6 is 0 Å². The van der Waals surface area contributed by atoms with E-state index < -0.39 is 0 Å². The molecule has 0 saturated heterocycles. The third kappa shape index (κ3) is 8.84. The molecule has 0 aliphatic rings. The van der Waals surface area contributed by atoms with E-state index in [0.717, 1.165) is 13.0 Å². The summed E-state index contributed by atoms with van der Waals surface area (Å²) in [6, 6.07) is 3.30. The molecule has 1 rings (SSSR count). The van der Waals surface area contributed by atoms with Gasteiger partial charge >= 0.3 is 0 Å². The molecule has 1 aromatic heterocycles. The van der Waals surface area contributed by atoms with Crippen LogP contribution in [-0.4, -0.2) is 65.5 Å². The van der Waals surface area contributed by atoms with Crippen molar-refractivity contribution >= 4 is 11.9 Å². The summed E-state index contributed by atoms with van der Waals surface area (Å²) in [5.41, 5.74) is 0. The highest BCUT2D eigenvalue weighted by atomic mass is 16.5. The molecule has 130 valence electrons. The first-order valence-electron chi connectivity index (χ1n) is 7.61. The first kappa shape index (κ1) is 19.0. The van der Waals surface area contributed by atoms with Crippen LogP contribution < -0.4 is 16.0 Å². The minimum atomic E-state index is -0.229. The molecule has 3 N–H and O–H groups in total. The van der Waals surface area contributed by atoms with Gasteiger partial charge in [-0.2, -0.15) is 0 Å². The average molecular weight is 326 g/mol. The fourth-order valence-electron chi connectivity index (χ4n) is 1.70. The van der Waals surface area contributed by atoms with Gasteiger partial charge in [0, 0.05) is 40.4 Å². The Labute approximate surface area is 136 Å². The van der Waals surface area contributed by atoms with E-state index in [0.29, 0.717) is 44.6 Å². The highest BCUT2D eigenvalue weighted by molar-refractivity contribution is 5.91. The predicted molar refractivity (Wildman–Crippen MR) is 87.7 cm³/mol. The van der Waals surface area contributed by atoms with Gasteiger partial charge in [-0.25, -0.2) is 0 Å². The van der Waals surface area contributed by atoms with Crippen LogP contribution in [0.1, 0.15) is 17.0 Å². The van der Waals surface area contributed by atoms with Crippen LogP contribution in [0.5, 0.6) is 0 Å². The number of amides is 1. The van der Waals surface area contributed by atoms with Gasteiger partial charge in [0.05, 0.1) is 19.5 Å². The molecule has 1 aromatic rings. The third-order valence-corrected chi connectivity index (χ3v) is 2.86. The zero-order valence-electron chi connectivity index (χ0n) is 13.8. The van der Waals surface area contributed by atoms with Crippen LogP contribution in [0.15, 0.2) is 27.8 Å². The Bertz CT molecular complexity index is 448. The maximum Gasteiger partial charge on any atom is 0.287 e. The Morgan fingerprint density at radius 1 is 1.17 bits per heavy atom. The summed E-state index contributed by atoms with van der Waals surface area (Å²) < 4.78 is 15.3. The molecule has 8 heteroatoms. The van der Waals surface area contributed by atoms with Crippen molar-refractivity contribution in [2.45, 2.75) is 6.42 Å². The van der Waals surface area contributed by atoms with Gasteiger partial charge in [-0.1, -0.05) is 0 Å². The number of carbonyl (C=O) groups excluding carboxylic acids is 1. The van der Waals surface area contributed by atoms with Crippen LogP contribution in [-0.2, 0) is 9.47 Å². The smallest absolute Gasteiger partial charge is 0.287 e. The maximum absolute atomic E-state index is 11.6.